The highest BCUT2D eigenvalue weighted by molar-refractivity contribution is 5.93. The minimum Gasteiger partial charge on any atom is -0.458 e. The van der Waals surface area contributed by atoms with Crippen molar-refractivity contribution in [2.24, 2.45) is 11.8 Å². The van der Waals surface area contributed by atoms with Gasteiger partial charge in [0.1, 0.15) is 47.7 Å². The van der Waals surface area contributed by atoms with E-state index in [0.717, 1.165) is 30.7 Å². The lowest BCUT2D eigenvalue weighted by atomic mass is 9.86. The Morgan fingerprint density at radius 3 is 1.20 bits per heavy atom. The van der Waals surface area contributed by atoms with Crippen molar-refractivity contribution >= 4 is 53.7 Å². The van der Waals surface area contributed by atoms with E-state index in [1.807, 2.05) is 79.7 Å². The lowest BCUT2D eigenvalue weighted by molar-refractivity contribution is -0.176. The third-order valence-corrected chi connectivity index (χ3v) is 15.8. The predicted molar refractivity (Wildman–Crippen MR) is 355 cm³/mol. The van der Waals surface area contributed by atoms with Crippen molar-refractivity contribution in [2.75, 3.05) is 28.2 Å². The molecule has 0 aliphatic heterocycles. The summed E-state index contributed by atoms with van der Waals surface area (Å²) in [6.45, 7) is 31.9. The van der Waals surface area contributed by atoms with Crippen LogP contribution < -0.4 is 0 Å². The number of carbonyl (C=O) groups excluding carboxylic acids is 9. The van der Waals surface area contributed by atoms with Gasteiger partial charge in [-0.15, -0.1) is 0 Å². The van der Waals surface area contributed by atoms with E-state index in [9.17, 15) is 38.4 Å². The SMILES string of the molecule is CC(C)C[C@@H](C(=O)O[C@H](Cc1ccc(C(C)(C)C)cc1)C(=O)N(C)[C@@H](CC(C)(C)F)C(=O)O[C@H](C)C(=O)N(C)[C@@H](CC(C)C)C(=O)O[C@H](Cc1ccc(C(C)(C)C)cc1)C(=O)N(C)[C@@H](CCC(C)(C)F)C(=O)O[C@H](C)C(=O)OCc1ccccc1)N(C)C(=O)OC(C)(C)C. The smallest absolute Gasteiger partial charge is 0.410 e. The molecule has 3 rings (SSSR count). The fourth-order valence-electron chi connectivity index (χ4n) is 10.1. The lowest BCUT2D eigenvalue weighted by Crippen LogP contribution is -2.54. The maximum atomic E-state index is 16.0. The highest BCUT2D eigenvalue weighted by Crippen LogP contribution is 2.29. The Kier molecular flexibility index (Phi) is 29.5. The highest BCUT2D eigenvalue weighted by Gasteiger charge is 2.44. The Labute approximate surface area is 557 Å². The summed E-state index contributed by atoms with van der Waals surface area (Å²) < 4.78 is 65.9. The number of hydrogen-bond acceptors (Lipinski definition) is 15. The molecule has 0 saturated carbocycles. The van der Waals surface area contributed by atoms with Crippen LogP contribution in [0.5, 0.6) is 0 Å². The zero-order valence-electron chi connectivity index (χ0n) is 60.1. The molecule has 0 bridgehead atoms. The summed E-state index contributed by atoms with van der Waals surface area (Å²) in [7, 11) is 5.17. The average Bonchev–Trinajstić information content (AvgIpc) is 0.834. The second-order valence-electron chi connectivity index (χ2n) is 29.8. The Bertz CT molecular complexity index is 3010. The van der Waals surface area contributed by atoms with E-state index in [4.69, 9.17) is 28.4 Å². The van der Waals surface area contributed by atoms with Crippen LogP contribution in [0.1, 0.15) is 191 Å². The van der Waals surface area contributed by atoms with Gasteiger partial charge < -0.3 is 43.1 Å². The molecule has 19 nitrogen and oxygen atoms in total. The quantitative estimate of drug-likeness (QED) is 0.0432. The number of ether oxygens (including phenoxy) is 6. The number of nitrogens with zero attached hydrogens (tertiary/aromatic N) is 4. The zero-order valence-corrected chi connectivity index (χ0v) is 60.1. The molecule has 3 aromatic carbocycles. The molecular formula is C73H108F2N4O15. The van der Waals surface area contributed by atoms with Crippen molar-refractivity contribution in [2.45, 2.75) is 259 Å². The standard InChI is InChI=1S/C73H108F2N4O15/c1-45(2)39-55(65(85)92-58(41-49-29-33-52(34-30-49)69(7,8)9)61(81)76(20)54(37-38-72(16,17)74)64(84)91-48(6)63(83)89-44-51-27-25-24-26-28-51)77(21)60(80)47(5)90-67(87)57(43-73(18,19)75)78(22)62(82)59(42-50-31-35-53(36-32-50)70(10,11)12)93-66(86)56(40-46(3)4)79(23)68(88)94-71(13,14)15/h24-36,45-48,54-59H,37-44H2,1-23H3/t47-,48-,54+,55+,56+,57+,58-,59-/m1/s1. The summed E-state index contributed by atoms with van der Waals surface area (Å²) in [4.78, 5) is 133. The van der Waals surface area contributed by atoms with Crippen LogP contribution in [0.25, 0.3) is 0 Å². The first-order valence-electron chi connectivity index (χ1n) is 32.5. The van der Waals surface area contributed by atoms with E-state index in [0.29, 0.717) is 16.7 Å². The van der Waals surface area contributed by atoms with Crippen LogP contribution in [0.2, 0.25) is 0 Å². The van der Waals surface area contributed by atoms with Crippen molar-refractivity contribution in [1.82, 2.24) is 19.6 Å². The Morgan fingerprint density at radius 2 is 0.809 bits per heavy atom. The number of esters is 5. The number of alkyl halides is 2. The molecule has 0 N–H and O–H groups in total. The molecule has 0 aromatic heterocycles. The fourth-order valence-corrected chi connectivity index (χ4v) is 10.1. The molecule has 21 heteroatoms. The summed E-state index contributed by atoms with van der Waals surface area (Å²) in [5, 5.41) is 0. The maximum absolute atomic E-state index is 16.0. The molecule has 0 radical (unpaired) electrons. The van der Waals surface area contributed by atoms with E-state index in [2.05, 4.69) is 0 Å². The highest BCUT2D eigenvalue weighted by atomic mass is 19.1. The summed E-state index contributed by atoms with van der Waals surface area (Å²) in [6.07, 6.45) is -8.80. The maximum Gasteiger partial charge on any atom is 0.410 e. The van der Waals surface area contributed by atoms with Gasteiger partial charge in [-0.25, -0.2) is 37.5 Å². The van der Waals surface area contributed by atoms with E-state index in [1.54, 1.807) is 89.2 Å². The number of halogens is 2. The van der Waals surface area contributed by atoms with E-state index in [1.165, 1.54) is 69.7 Å². The third-order valence-electron chi connectivity index (χ3n) is 15.8. The number of benzene rings is 3. The molecule has 524 valence electrons. The van der Waals surface area contributed by atoms with Crippen molar-refractivity contribution in [1.29, 1.82) is 0 Å². The minimum absolute atomic E-state index is 0.0436. The first-order valence-corrected chi connectivity index (χ1v) is 32.5. The van der Waals surface area contributed by atoms with Crippen molar-refractivity contribution in [3.63, 3.8) is 0 Å². The first-order chi connectivity index (χ1) is 43.1. The van der Waals surface area contributed by atoms with Crippen LogP contribution in [-0.2, 0) is 97.1 Å². The Hall–Kier alpha value is -7.45. The number of hydrogen-bond donors (Lipinski definition) is 0. The average molecular weight is 1320 g/mol. The van der Waals surface area contributed by atoms with E-state index >= 15 is 13.6 Å². The van der Waals surface area contributed by atoms with Gasteiger partial charge in [-0.3, -0.25) is 19.3 Å². The normalized spacial score (nSPS) is 14.8. The molecule has 8 atom stereocenters. The van der Waals surface area contributed by atoms with Gasteiger partial charge in [0.25, 0.3) is 17.7 Å². The Balaban J connectivity index is 2.06. The van der Waals surface area contributed by atoms with Crippen molar-refractivity contribution < 1.29 is 80.4 Å². The first kappa shape index (κ1) is 80.8. The number of likely N-dealkylation sites (N-methyl/N-ethyl adjacent to an activating group) is 4. The topological polar surface area (TPSA) is 222 Å². The molecule has 0 saturated heterocycles. The van der Waals surface area contributed by atoms with Crippen LogP contribution in [-0.4, -0.2) is 167 Å². The van der Waals surface area contributed by atoms with Crippen LogP contribution >= 0.6 is 0 Å². The number of carbonyl (C=O) groups is 9. The van der Waals surface area contributed by atoms with Crippen LogP contribution in [0, 0.1) is 11.8 Å². The molecule has 3 aromatic rings. The van der Waals surface area contributed by atoms with Gasteiger partial charge in [0.05, 0.1) is 0 Å². The predicted octanol–water partition coefficient (Wildman–Crippen LogP) is 12.0. The number of rotatable bonds is 31. The molecule has 94 heavy (non-hydrogen) atoms. The zero-order chi connectivity index (χ0) is 71.8. The fraction of sp³-hybridized carbons (Fsp3) is 0.630. The molecular weight excluding hydrogens is 1210 g/mol. The molecule has 0 aliphatic rings. The molecule has 0 fully saturated rings. The van der Waals surface area contributed by atoms with E-state index in [-0.39, 0.29) is 67.8 Å². The largest absolute Gasteiger partial charge is 0.458 e. The van der Waals surface area contributed by atoms with Crippen molar-refractivity contribution in [3.8, 4) is 0 Å². The molecule has 0 aliphatic carbocycles. The van der Waals surface area contributed by atoms with Gasteiger partial charge in [-0.1, -0.05) is 148 Å². The van der Waals surface area contributed by atoms with Crippen molar-refractivity contribution in [3.05, 3.63) is 107 Å². The summed E-state index contributed by atoms with van der Waals surface area (Å²) in [5.41, 5.74) is -1.62. The van der Waals surface area contributed by atoms with Gasteiger partial charge in [-0.05, 0) is 138 Å². The van der Waals surface area contributed by atoms with Crippen LogP contribution in [0.15, 0.2) is 78.9 Å². The monoisotopic (exact) mass is 1320 g/mol. The third kappa shape index (κ3) is 26.4. The van der Waals surface area contributed by atoms with Gasteiger partial charge >= 0.3 is 35.9 Å². The second-order valence-corrected chi connectivity index (χ2v) is 29.8. The Morgan fingerprint density at radius 1 is 0.426 bits per heavy atom. The summed E-state index contributed by atoms with van der Waals surface area (Å²) in [6, 6.07) is 17.5. The summed E-state index contributed by atoms with van der Waals surface area (Å²) in [5.74, 6) is -8.33. The van der Waals surface area contributed by atoms with Gasteiger partial charge in [0.2, 0.25) is 0 Å². The number of amides is 4. The molecule has 0 heterocycles. The van der Waals surface area contributed by atoms with Gasteiger partial charge in [-0.2, -0.15) is 0 Å². The van der Waals surface area contributed by atoms with E-state index < -0.39 is 126 Å². The molecule has 0 spiro atoms. The lowest BCUT2D eigenvalue weighted by Gasteiger charge is -2.35. The van der Waals surface area contributed by atoms with Crippen LogP contribution in [0.3, 0.4) is 0 Å². The molecule has 0 unspecified atom stereocenters. The second kappa shape index (κ2) is 34.3. The summed E-state index contributed by atoms with van der Waals surface area (Å²) >= 11 is 0. The van der Waals surface area contributed by atoms with Gasteiger partial charge in [0, 0.05) is 47.5 Å². The van der Waals surface area contributed by atoms with Crippen LogP contribution in [0.4, 0.5) is 13.6 Å². The minimum atomic E-state index is -2.14. The molecule has 4 amide bonds. The van der Waals surface area contributed by atoms with Gasteiger partial charge in [0.15, 0.2) is 24.4 Å².